The molecule has 48 heavy (non-hydrogen) atoms. The highest BCUT2D eigenvalue weighted by atomic mass is 35.5. The van der Waals surface area contributed by atoms with Gasteiger partial charge in [-0.05, 0) is 77.4 Å². The van der Waals surface area contributed by atoms with E-state index in [1.54, 1.807) is 60.7 Å². The maximum absolute atomic E-state index is 13.4. The molecule has 0 aromatic heterocycles. The molecule has 3 amide bonds. The van der Waals surface area contributed by atoms with Gasteiger partial charge in [0.2, 0.25) is 5.91 Å². The molecule has 0 unspecified atom stereocenters. The van der Waals surface area contributed by atoms with E-state index in [1.165, 1.54) is 6.07 Å². The first-order valence-electron chi connectivity index (χ1n) is 14.5. The number of amides is 3. The Kier molecular flexibility index (Phi) is 11.0. The normalized spacial score (nSPS) is 11.5. The van der Waals surface area contributed by atoms with Gasteiger partial charge in [-0.15, -0.1) is 11.8 Å². The molecule has 11 heteroatoms. The van der Waals surface area contributed by atoms with Gasteiger partial charge in [0.05, 0.1) is 17.0 Å². The summed E-state index contributed by atoms with van der Waals surface area (Å²) in [6.45, 7) is 0. The van der Waals surface area contributed by atoms with E-state index in [9.17, 15) is 27.6 Å². The van der Waals surface area contributed by atoms with Gasteiger partial charge in [0.1, 0.15) is 5.70 Å². The zero-order chi connectivity index (χ0) is 34.1. The summed E-state index contributed by atoms with van der Waals surface area (Å²) in [4.78, 5) is 39.5. The Hall–Kier alpha value is -5.32. The number of hydrogen-bond acceptors (Lipinski definition) is 4. The first kappa shape index (κ1) is 34.0. The van der Waals surface area contributed by atoms with Crippen LogP contribution in [-0.4, -0.2) is 23.5 Å². The molecule has 0 bridgehead atoms. The zero-order valence-electron chi connectivity index (χ0n) is 25.1. The molecule has 0 spiro atoms. The van der Waals surface area contributed by atoms with Crippen LogP contribution in [0.1, 0.15) is 21.5 Å². The smallest absolute Gasteiger partial charge is 0.325 e. The predicted molar refractivity (Wildman–Crippen MR) is 185 cm³/mol. The van der Waals surface area contributed by atoms with Gasteiger partial charge in [-0.3, -0.25) is 14.4 Å². The second-order valence-electron chi connectivity index (χ2n) is 10.4. The molecule has 0 aliphatic rings. The number of nitrogens with one attached hydrogen (secondary N) is 3. The molecule has 5 aromatic carbocycles. The fourth-order valence-corrected chi connectivity index (χ4v) is 5.41. The molecule has 0 saturated heterocycles. The van der Waals surface area contributed by atoms with Gasteiger partial charge in [-0.25, -0.2) is 0 Å². The molecule has 0 heterocycles. The first-order valence-corrected chi connectivity index (χ1v) is 15.9. The van der Waals surface area contributed by atoms with Crippen LogP contribution in [0.4, 0.5) is 24.5 Å². The summed E-state index contributed by atoms with van der Waals surface area (Å²) in [7, 11) is 0. The van der Waals surface area contributed by atoms with Crippen LogP contribution in [-0.2, 0) is 15.8 Å². The van der Waals surface area contributed by atoms with Crippen molar-refractivity contribution < 1.29 is 27.6 Å². The SMILES string of the molecule is O=C(CSc1ccc(NC(=O)/C(=C/c2ccc(-c3ccccc3)cc2)NC(=O)c2ccccc2)cc1)Nc1ccc(Cl)cc1C(F)(F)F. The van der Waals surface area contributed by atoms with E-state index < -0.39 is 29.5 Å². The Morgan fingerprint density at radius 2 is 1.35 bits per heavy atom. The zero-order valence-corrected chi connectivity index (χ0v) is 26.6. The number of halogens is 4. The van der Waals surface area contributed by atoms with Crippen LogP contribution in [0.2, 0.25) is 5.02 Å². The number of anilines is 2. The number of thioether (sulfide) groups is 1. The quantitative estimate of drug-likeness (QED) is 0.101. The third-order valence-electron chi connectivity index (χ3n) is 6.90. The minimum Gasteiger partial charge on any atom is -0.325 e. The van der Waals surface area contributed by atoms with Crippen molar-refractivity contribution in [2.24, 2.45) is 0 Å². The molecule has 0 radical (unpaired) electrons. The van der Waals surface area contributed by atoms with Crippen LogP contribution in [0, 0.1) is 0 Å². The Labute approximate surface area is 284 Å². The molecule has 0 aliphatic carbocycles. The highest BCUT2D eigenvalue weighted by Crippen LogP contribution is 2.36. The summed E-state index contributed by atoms with van der Waals surface area (Å²) in [5.74, 6) is -1.81. The fraction of sp³-hybridized carbons (Fsp3) is 0.0541. The van der Waals surface area contributed by atoms with Crippen molar-refractivity contribution in [2.75, 3.05) is 16.4 Å². The Morgan fingerprint density at radius 3 is 2.00 bits per heavy atom. The molecule has 5 aromatic rings. The Morgan fingerprint density at radius 1 is 0.729 bits per heavy atom. The van der Waals surface area contributed by atoms with Crippen molar-refractivity contribution >= 4 is 58.5 Å². The average Bonchev–Trinajstić information content (AvgIpc) is 3.09. The lowest BCUT2D eigenvalue weighted by atomic mass is 10.0. The van der Waals surface area contributed by atoms with Gasteiger partial charge < -0.3 is 16.0 Å². The van der Waals surface area contributed by atoms with Crippen LogP contribution in [0.5, 0.6) is 0 Å². The lowest BCUT2D eigenvalue weighted by molar-refractivity contribution is -0.137. The Bertz CT molecular complexity index is 1940. The largest absolute Gasteiger partial charge is 0.418 e. The van der Waals surface area contributed by atoms with Gasteiger partial charge in [0.25, 0.3) is 11.8 Å². The third-order valence-corrected chi connectivity index (χ3v) is 8.15. The van der Waals surface area contributed by atoms with Crippen molar-refractivity contribution in [1.29, 1.82) is 0 Å². The first-order chi connectivity index (χ1) is 23.0. The molecular weight excluding hydrogens is 659 g/mol. The lowest BCUT2D eigenvalue weighted by Crippen LogP contribution is -2.30. The van der Waals surface area contributed by atoms with Crippen LogP contribution in [0.25, 0.3) is 17.2 Å². The van der Waals surface area contributed by atoms with Crippen molar-refractivity contribution in [3.8, 4) is 11.1 Å². The maximum atomic E-state index is 13.4. The third kappa shape index (κ3) is 9.37. The van der Waals surface area contributed by atoms with E-state index in [4.69, 9.17) is 11.6 Å². The van der Waals surface area contributed by atoms with E-state index in [-0.39, 0.29) is 22.2 Å². The fourth-order valence-electron chi connectivity index (χ4n) is 4.54. The molecule has 3 N–H and O–H groups in total. The molecule has 0 saturated carbocycles. The maximum Gasteiger partial charge on any atom is 0.418 e. The van der Waals surface area contributed by atoms with Crippen molar-refractivity contribution in [2.45, 2.75) is 11.1 Å². The van der Waals surface area contributed by atoms with Crippen LogP contribution in [0.3, 0.4) is 0 Å². The van der Waals surface area contributed by atoms with Crippen molar-refractivity contribution in [3.63, 3.8) is 0 Å². The summed E-state index contributed by atoms with van der Waals surface area (Å²) >= 11 is 6.81. The summed E-state index contributed by atoms with van der Waals surface area (Å²) < 4.78 is 40.1. The van der Waals surface area contributed by atoms with E-state index in [0.29, 0.717) is 21.7 Å². The summed E-state index contributed by atoms with van der Waals surface area (Å²) in [5.41, 5.74) is 2.14. The standard InChI is InChI=1S/C37H27ClF3N3O3S/c38-28-15-20-32(31(22-28)37(39,40)41)43-34(45)23-48-30-18-16-29(17-19-30)42-36(47)33(44-35(46)27-9-5-2-6-10-27)21-24-11-13-26(14-12-24)25-7-3-1-4-8-25/h1-22H,23H2,(H,42,47)(H,43,45)(H,44,46)/b33-21-. The highest BCUT2D eigenvalue weighted by molar-refractivity contribution is 8.00. The highest BCUT2D eigenvalue weighted by Gasteiger charge is 2.34. The number of benzene rings is 5. The molecule has 6 nitrogen and oxygen atoms in total. The Balaban J connectivity index is 1.25. The van der Waals surface area contributed by atoms with E-state index >= 15 is 0 Å². The van der Waals surface area contributed by atoms with Crippen molar-refractivity contribution in [1.82, 2.24) is 5.32 Å². The number of alkyl halides is 3. The number of rotatable bonds is 10. The molecular formula is C37H27ClF3N3O3S. The molecule has 5 rings (SSSR count). The molecule has 0 fully saturated rings. The van der Waals surface area contributed by atoms with Gasteiger partial charge in [-0.2, -0.15) is 13.2 Å². The minimum atomic E-state index is -4.69. The molecule has 0 atom stereocenters. The summed E-state index contributed by atoms with van der Waals surface area (Å²) in [5, 5.41) is 7.68. The molecule has 0 aliphatic heterocycles. The van der Waals surface area contributed by atoms with Gasteiger partial charge in [0, 0.05) is 21.2 Å². The number of carbonyl (C=O) groups is 3. The lowest BCUT2D eigenvalue weighted by Gasteiger charge is -2.14. The van der Waals surface area contributed by atoms with Gasteiger partial charge in [-0.1, -0.05) is 84.4 Å². The van der Waals surface area contributed by atoms with Gasteiger partial charge >= 0.3 is 6.18 Å². The van der Waals surface area contributed by atoms with E-state index in [2.05, 4.69) is 16.0 Å². The monoisotopic (exact) mass is 685 g/mol. The van der Waals surface area contributed by atoms with Gasteiger partial charge in [0.15, 0.2) is 0 Å². The minimum absolute atomic E-state index is 0.0202. The van der Waals surface area contributed by atoms with Crippen LogP contribution >= 0.6 is 23.4 Å². The van der Waals surface area contributed by atoms with Crippen molar-refractivity contribution in [3.05, 3.63) is 155 Å². The predicted octanol–water partition coefficient (Wildman–Crippen LogP) is 9.17. The number of carbonyl (C=O) groups excluding carboxylic acids is 3. The second-order valence-corrected chi connectivity index (χ2v) is 11.9. The summed E-state index contributed by atoms with van der Waals surface area (Å²) in [6, 6.07) is 35.6. The average molecular weight is 686 g/mol. The van der Waals surface area contributed by atoms with Crippen LogP contribution < -0.4 is 16.0 Å². The van der Waals surface area contributed by atoms with E-state index in [1.807, 2.05) is 54.6 Å². The number of hydrogen-bond donors (Lipinski definition) is 3. The molecule has 242 valence electrons. The topological polar surface area (TPSA) is 87.3 Å². The summed E-state index contributed by atoms with van der Waals surface area (Å²) in [6.07, 6.45) is -3.11. The van der Waals surface area contributed by atoms with E-state index in [0.717, 1.165) is 35.0 Å². The second kappa shape index (κ2) is 15.5. The van der Waals surface area contributed by atoms with Crippen LogP contribution in [0.15, 0.2) is 138 Å².